The van der Waals surface area contributed by atoms with Crippen molar-refractivity contribution in [1.82, 2.24) is 24.8 Å². The average Bonchev–Trinajstić information content (AvgIpc) is 3.28. The van der Waals surface area contributed by atoms with Gasteiger partial charge in [-0.1, -0.05) is 43.5 Å². The lowest BCUT2D eigenvalue weighted by atomic mass is 9.95. The molecule has 174 valence electrons. The second-order valence-electron chi connectivity index (χ2n) is 9.01. The summed E-state index contributed by atoms with van der Waals surface area (Å²) in [7, 11) is 0. The molecule has 1 aromatic carbocycles. The number of ether oxygens (including phenoxy) is 1. The van der Waals surface area contributed by atoms with Crippen molar-refractivity contribution in [1.29, 1.82) is 0 Å². The van der Waals surface area contributed by atoms with Crippen LogP contribution in [-0.4, -0.2) is 57.8 Å². The van der Waals surface area contributed by atoms with Crippen molar-refractivity contribution in [3.05, 3.63) is 59.4 Å². The fourth-order valence-electron chi connectivity index (χ4n) is 4.69. The van der Waals surface area contributed by atoms with E-state index in [1.165, 1.54) is 30.4 Å². The molecule has 0 radical (unpaired) electrons. The second-order valence-corrected chi connectivity index (χ2v) is 9.01. The van der Waals surface area contributed by atoms with Crippen molar-refractivity contribution >= 4 is 17.4 Å². The third-order valence-corrected chi connectivity index (χ3v) is 6.53. The van der Waals surface area contributed by atoms with Crippen molar-refractivity contribution in [3.63, 3.8) is 0 Å². The predicted octanol–water partition coefficient (Wildman–Crippen LogP) is 3.24. The van der Waals surface area contributed by atoms with Crippen LogP contribution in [0.5, 0.6) is 0 Å². The summed E-state index contributed by atoms with van der Waals surface area (Å²) in [4.78, 5) is 20.0. The first-order valence-corrected chi connectivity index (χ1v) is 12.0. The van der Waals surface area contributed by atoms with E-state index in [0.717, 1.165) is 51.5 Å². The Morgan fingerprint density at radius 1 is 1.09 bits per heavy atom. The molecular formula is C25H32N6O2. The van der Waals surface area contributed by atoms with Crippen LogP contribution in [0.15, 0.2) is 42.7 Å². The molecule has 8 nitrogen and oxygen atoms in total. The number of amides is 1. The summed E-state index contributed by atoms with van der Waals surface area (Å²) < 4.78 is 7.10. The van der Waals surface area contributed by atoms with Gasteiger partial charge >= 0.3 is 0 Å². The predicted molar refractivity (Wildman–Crippen MR) is 127 cm³/mol. The maximum absolute atomic E-state index is 12.8. The monoisotopic (exact) mass is 448 g/mol. The highest BCUT2D eigenvalue weighted by molar-refractivity contribution is 5.99. The number of carbonyl (C=O) groups excluding carboxylic acids is 1. The van der Waals surface area contributed by atoms with E-state index in [1.54, 1.807) is 10.7 Å². The Bertz CT molecular complexity index is 1090. The van der Waals surface area contributed by atoms with Gasteiger partial charge in [-0.2, -0.15) is 5.10 Å². The number of nitrogens with one attached hydrogen (secondary N) is 2. The molecule has 1 amide bonds. The summed E-state index contributed by atoms with van der Waals surface area (Å²) in [5.41, 5.74) is 3.61. The van der Waals surface area contributed by atoms with E-state index in [2.05, 4.69) is 49.9 Å². The third kappa shape index (κ3) is 5.51. The lowest BCUT2D eigenvalue weighted by Gasteiger charge is -2.26. The highest BCUT2D eigenvalue weighted by Crippen LogP contribution is 2.19. The van der Waals surface area contributed by atoms with Gasteiger partial charge in [-0.15, -0.1) is 0 Å². The molecule has 0 spiro atoms. The maximum Gasteiger partial charge on any atom is 0.256 e. The van der Waals surface area contributed by atoms with Crippen LogP contribution in [-0.2, 0) is 17.8 Å². The molecular weight excluding hydrogens is 416 g/mol. The molecule has 33 heavy (non-hydrogen) atoms. The van der Waals surface area contributed by atoms with Crippen LogP contribution in [0.4, 0.5) is 5.82 Å². The minimum Gasteiger partial charge on any atom is -0.379 e. The van der Waals surface area contributed by atoms with Gasteiger partial charge in [0.1, 0.15) is 11.4 Å². The van der Waals surface area contributed by atoms with Gasteiger partial charge in [-0.25, -0.2) is 9.50 Å². The summed E-state index contributed by atoms with van der Waals surface area (Å²) in [6, 6.07) is 10.8. The van der Waals surface area contributed by atoms with Gasteiger partial charge in [0, 0.05) is 38.4 Å². The topological polar surface area (TPSA) is 83.8 Å². The van der Waals surface area contributed by atoms with E-state index in [-0.39, 0.29) is 11.9 Å². The van der Waals surface area contributed by atoms with E-state index in [1.807, 2.05) is 12.3 Å². The first-order valence-electron chi connectivity index (χ1n) is 12.0. The smallest absolute Gasteiger partial charge is 0.256 e. The van der Waals surface area contributed by atoms with Crippen LogP contribution in [0.3, 0.4) is 0 Å². The Hall–Kier alpha value is -2.97. The van der Waals surface area contributed by atoms with Crippen molar-refractivity contribution in [3.8, 4) is 0 Å². The number of carbonyl (C=O) groups is 1. The Morgan fingerprint density at radius 2 is 1.91 bits per heavy atom. The Labute approximate surface area is 194 Å². The highest BCUT2D eigenvalue weighted by Gasteiger charge is 2.20. The maximum atomic E-state index is 12.8. The molecule has 2 aromatic heterocycles. The van der Waals surface area contributed by atoms with Gasteiger partial charge in [0.05, 0.1) is 19.4 Å². The third-order valence-electron chi connectivity index (χ3n) is 6.53. The molecule has 2 aliphatic rings. The van der Waals surface area contributed by atoms with Crippen LogP contribution < -0.4 is 10.6 Å². The SMILES string of the molecule is O=C(NC1CCCCC1)c1cnn2ccc(NCc3cccc(CN4CCOCC4)c3)nc12. The van der Waals surface area contributed by atoms with Crippen LogP contribution >= 0.6 is 0 Å². The first-order chi connectivity index (χ1) is 16.2. The van der Waals surface area contributed by atoms with Crippen LogP contribution in [0.2, 0.25) is 0 Å². The number of morpholine rings is 1. The van der Waals surface area contributed by atoms with Crippen molar-refractivity contribution in [2.45, 2.75) is 51.2 Å². The minimum absolute atomic E-state index is 0.0858. The van der Waals surface area contributed by atoms with Crippen molar-refractivity contribution < 1.29 is 9.53 Å². The number of hydrogen-bond acceptors (Lipinski definition) is 6. The Morgan fingerprint density at radius 3 is 2.76 bits per heavy atom. The van der Waals surface area contributed by atoms with Gasteiger partial charge in [-0.05, 0) is 30.0 Å². The number of benzene rings is 1. The molecule has 1 saturated heterocycles. The second kappa shape index (κ2) is 10.3. The summed E-state index contributed by atoms with van der Waals surface area (Å²) in [6.45, 7) is 5.19. The number of fused-ring (bicyclic) bond motifs is 1. The standard InChI is InChI=1S/C25H32N6O2/c32-25(28-21-7-2-1-3-8-21)22-17-27-31-10-9-23(29-24(22)31)26-16-19-5-4-6-20(15-19)18-30-11-13-33-14-12-30/h4-6,9-10,15,17,21H,1-3,7-8,11-14,16,18H2,(H,26,29)(H,28,32). The normalized spacial score (nSPS) is 17.8. The van der Waals surface area contributed by atoms with Gasteiger partial charge in [0.15, 0.2) is 5.65 Å². The largest absolute Gasteiger partial charge is 0.379 e. The molecule has 3 heterocycles. The lowest BCUT2D eigenvalue weighted by molar-refractivity contribution is 0.0342. The number of nitrogens with zero attached hydrogens (tertiary/aromatic N) is 4. The van der Waals surface area contributed by atoms with Gasteiger partial charge in [-0.3, -0.25) is 9.69 Å². The lowest BCUT2D eigenvalue weighted by Crippen LogP contribution is -2.36. The van der Waals surface area contributed by atoms with Gasteiger partial charge in [0.25, 0.3) is 5.91 Å². The van der Waals surface area contributed by atoms with E-state index >= 15 is 0 Å². The van der Waals surface area contributed by atoms with E-state index in [9.17, 15) is 4.79 Å². The zero-order valence-electron chi connectivity index (χ0n) is 19.0. The molecule has 2 fully saturated rings. The number of anilines is 1. The molecule has 1 saturated carbocycles. The molecule has 2 N–H and O–H groups in total. The molecule has 8 heteroatoms. The zero-order chi connectivity index (χ0) is 22.5. The van der Waals surface area contributed by atoms with Gasteiger partial charge in [0.2, 0.25) is 0 Å². The molecule has 3 aromatic rings. The van der Waals surface area contributed by atoms with Crippen molar-refractivity contribution in [2.75, 3.05) is 31.6 Å². The summed E-state index contributed by atoms with van der Waals surface area (Å²) >= 11 is 0. The number of hydrogen-bond donors (Lipinski definition) is 2. The fourth-order valence-corrected chi connectivity index (χ4v) is 4.69. The Balaban J connectivity index is 1.23. The molecule has 1 aliphatic carbocycles. The number of rotatable bonds is 7. The molecule has 5 rings (SSSR count). The average molecular weight is 449 g/mol. The fraction of sp³-hybridized carbons (Fsp3) is 0.480. The summed E-state index contributed by atoms with van der Waals surface area (Å²) in [5.74, 6) is 0.644. The quantitative estimate of drug-likeness (QED) is 0.577. The molecule has 0 atom stereocenters. The van der Waals surface area contributed by atoms with Crippen LogP contribution in [0, 0.1) is 0 Å². The van der Waals surface area contributed by atoms with E-state index in [4.69, 9.17) is 4.74 Å². The number of aromatic nitrogens is 3. The minimum atomic E-state index is -0.0858. The highest BCUT2D eigenvalue weighted by atomic mass is 16.5. The molecule has 1 aliphatic heterocycles. The molecule has 0 bridgehead atoms. The summed E-state index contributed by atoms with van der Waals surface area (Å²) in [6.07, 6.45) is 9.18. The zero-order valence-corrected chi connectivity index (χ0v) is 19.0. The summed E-state index contributed by atoms with van der Waals surface area (Å²) in [5, 5.41) is 10.9. The van der Waals surface area contributed by atoms with Crippen LogP contribution in [0.25, 0.3) is 5.65 Å². The Kier molecular flexibility index (Phi) is 6.83. The van der Waals surface area contributed by atoms with Crippen LogP contribution in [0.1, 0.15) is 53.6 Å². The van der Waals surface area contributed by atoms with E-state index < -0.39 is 0 Å². The van der Waals surface area contributed by atoms with Gasteiger partial charge < -0.3 is 15.4 Å². The first kappa shape index (κ1) is 21.9. The molecule has 0 unspecified atom stereocenters. The van der Waals surface area contributed by atoms with E-state index in [0.29, 0.717) is 17.8 Å². The van der Waals surface area contributed by atoms with Crippen molar-refractivity contribution in [2.24, 2.45) is 0 Å².